The molecule has 0 unspecified atom stereocenters. The Labute approximate surface area is 198 Å². The van der Waals surface area contributed by atoms with Crippen molar-refractivity contribution in [3.63, 3.8) is 0 Å². The molecule has 0 spiro atoms. The smallest absolute Gasteiger partial charge is 0.230 e. The molecule has 6 nitrogen and oxygen atoms in total. The van der Waals surface area contributed by atoms with Crippen molar-refractivity contribution in [1.29, 1.82) is 0 Å². The molecule has 168 valence electrons. The van der Waals surface area contributed by atoms with Crippen molar-refractivity contribution >= 4 is 17.7 Å². The van der Waals surface area contributed by atoms with Crippen molar-refractivity contribution in [3.8, 4) is 17.1 Å². The van der Waals surface area contributed by atoms with Gasteiger partial charge in [-0.25, -0.2) is 0 Å². The second kappa shape index (κ2) is 10.4. The van der Waals surface area contributed by atoms with Gasteiger partial charge in [0.2, 0.25) is 5.91 Å². The summed E-state index contributed by atoms with van der Waals surface area (Å²) in [6.45, 7) is 6.87. The Kier molecular flexibility index (Phi) is 7.19. The predicted octanol–water partition coefficient (Wildman–Crippen LogP) is 4.71. The lowest BCUT2D eigenvalue weighted by Crippen LogP contribution is -2.27. The second-order valence-corrected chi connectivity index (χ2v) is 8.90. The highest BCUT2D eigenvalue weighted by Crippen LogP contribution is 2.28. The Balaban J connectivity index is 1.49. The lowest BCUT2D eigenvalue weighted by molar-refractivity contribution is -0.118. The average molecular weight is 458 g/mol. The highest BCUT2D eigenvalue weighted by molar-refractivity contribution is 7.99. The van der Waals surface area contributed by atoms with E-state index in [1.807, 2.05) is 28.8 Å². The Morgan fingerprint density at radius 2 is 1.73 bits per heavy atom. The van der Waals surface area contributed by atoms with Crippen LogP contribution in [0.1, 0.15) is 22.3 Å². The lowest BCUT2D eigenvalue weighted by atomic mass is 10.1. The van der Waals surface area contributed by atoms with Gasteiger partial charge in [-0.1, -0.05) is 42.1 Å². The number of thioether (sulfide) groups is 1. The van der Waals surface area contributed by atoms with Gasteiger partial charge in [-0.3, -0.25) is 14.3 Å². The van der Waals surface area contributed by atoms with Crippen molar-refractivity contribution in [1.82, 2.24) is 25.1 Å². The molecule has 1 amide bonds. The number of pyridine rings is 1. The van der Waals surface area contributed by atoms with E-state index in [1.54, 1.807) is 12.4 Å². The number of carbonyl (C=O) groups is 1. The topological polar surface area (TPSA) is 72.7 Å². The molecule has 7 heteroatoms. The lowest BCUT2D eigenvalue weighted by Gasteiger charge is -2.12. The fourth-order valence-electron chi connectivity index (χ4n) is 3.56. The third-order valence-corrected chi connectivity index (χ3v) is 6.56. The molecule has 2 heterocycles. The molecule has 4 rings (SSSR count). The van der Waals surface area contributed by atoms with Crippen LogP contribution >= 0.6 is 11.8 Å². The first-order valence-electron chi connectivity index (χ1n) is 10.9. The Morgan fingerprint density at radius 1 is 0.939 bits per heavy atom. The highest BCUT2D eigenvalue weighted by atomic mass is 32.2. The van der Waals surface area contributed by atoms with E-state index in [9.17, 15) is 4.79 Å². The van der Waals surface area contributed by atoms with E-state index in [0.29, 0.717) is 11.7 Å². The number of aryl methyl sites for hydroxylation is 3. The van der Waals surface area contributed by atoms with Crippen LogP contribution in [0, 0.1) is 20.8 Å². The summed E-state index contributed by atoms with van der Waals surface area (Å²) in [5.41, 5.74) is 6.79. The first kappa shape index (κ1) is 22.7. The summed E-state index contributed by atoms with van der Waals surface area (Å²) in [5, 5.41) is 12.5. The molecule has 0 atom stereocenters. The average Bonchev–Trinajstić information content (AvgIpc) is 3.25. The fraction of sp³-hybridized carbons (Fsp3) is 0.231. The molecule has 2 aromatic heterocycles. The van der Waals surface area contributed by atoms with Crippen LogP contribution in [0.25, 0.3) is 17.1 Å². The molecule has 0 saturated heterocycles. The third-order valence-electron chi connectivity index (χ3n) is 5.63. The minimum absolute atomic E-state index is 0.0197. The molecule has 0 aliphatic heterocycles. The number of nitrogens with one attached hydrogen (secondary N) is 1. The maximum atomic E-state index is 12.5. The molecule has 0 saturated carbocycles. The van der Waals surface area contributed by atoms with E-state index >= 15 is 0 Å². The standard InChI is InChI=1S/C26H27N5OS/c1-18-8-9-23(16-20(18)3)31-25(22-10-13-27-14-11-22)29-30-26(31)33-17-24(32)28-15-12-21-7-5-4-6-19(21)2/h4-11,13-14,16H,12,15,17H2,1-3H3,(H,28,32). The molecule has 0 aliphatic rings. The summed E-state index contributed by atoms with van der Waals surface area (Å²) < 4.78 is 2.01. The normalized spacial score (nSPS) is 10.9. The quantitative estimate of drug-likeness (QED) is 0.388. The summed E-state index contributed by atoms with van der Waals surface area (Å²) in [5.74, 6) is 0.976. The van der Waals surface area contributed by atoms with Crippen LogP contribution in [0.4, 0.5) is 0 Å². The van der Waals surface area contributed by atoms with Crippen LogP contribution in [0.3, 0.4) is 0 Å². The molecule has 33 heavy (non-hydrogen) atoms. The monoisotopic (exact) mass is 457 g/mol. The Bertz CT molecular complexity index is 1250. The maximum absolute atomic E-state index is 12.5. The maximum Gasteiger partial charge on any atom is 0.230 e. The van der Waals surface area contributed by atoms with Crippen LogP contribution in [0.15, 0.2) is 72.1 Å². The molecule has 0 fully saturated rings. The fourth-order valence-corrected chi connectivity index (χ4v) is 4.34. The summed E-state index contributed by atoms with van der Waals surface area (Å²) in [4.78, 5) is 16.6. The SMILES string of the molecule is Cc1ccc(-n2c(SCC(=O)NCCc3ccccc3C)nnc2-c2ccncc2)cc1C. The van der Waals surface area contributed by atoms with Gasteiger partial charge in [-0.05, 0) is 73.7 Å². The van der Waals surface area contributed by atoms with Gasteiger partial charge in [0, 0.05) is 24.5 Å². The van der Waals surface area contributed by atoms with Crippen LogP contribution in [0.5, 0.6) is 0 Å². The zero-order chi connectivity index (χ0) is 23.2. The van der Waals surface area contributed by atoms with Gasteiger partial charge in [-0.2, -0.15) is 0 Å². The Hall–Kier alpha value is -3.45. The van der Waals surface area contributed by atoms with E-state index in [0.717, 1.165) is 23.5 Å². The molecular weight excluding hydrogens is 430 g/mol. The zero-order valence-corrected chi connectivity index (χ0v) is 19.9. The number of hydrogen-bond donors (Lipinski definition) is 1. The molecular formula is C26H27N5OS. The molecule has 0 bridgehead atoms. The highest BCUT2D eigenvalue weighted by Gasteiger charge is 2.17. The van der Waals surface area contributed by atoms with Gasteiger partial charge >= 0.3 is 0 Å². The Morgan fingerprint density at radius 3 is 2.48 bits per heavy atom. The molecule has 2 aromatic carbocycles. The summed E-state index contributed by atoms with van der Waals surface area (Å²) in [6, 6.07) is 18.3. The van der Waals surface area contributed by atoms with Gasteiger partial charge in [-0.15, -0.1) is 10.2 Å². The van der Waals surface area contributed by atoms with Crippen LogP contribution < -0.4 is 5.32 Å². The number of rotatable bonds is 8. The number of hydrogen-bond acceptors (Lipinski definition) is 5. The van der Waals surface area contributed by atoms with Gasteiger partial charge in [0.05, 0.1) is 11.4 Å². The number of carbonyl (C=O) groups excluding carboxylic acids is 1. The van der Waals surface area contributed by atoms with E-state index in [2.05, 4.69) is 71.6 Å². The zero-order valence-electron chi connectivity index (χ0n) is 19.1. The van der Waals surface area contributed by atoms with Crippen molar-refractivity contribution < 1.29 is 4.79 Å². The van der Waals surface area contributed by atoms with Gasteiger partial charge < -0.3 is 5.32 Å². The third kappa shape index (κ3) is 5.49. The van der Waals surface area contributed by atoms with E-state index < -0.39 is 0 Å². The minimum atomic E-state index is -0.0197. The first-order valence-corrected chi connectivity index (χ1v) is 11.9. The number of aromatic nitrogens is 4. The second-order valence-electron chi connectivity index (χ2n) is 7.96. The van der Waals surface area contributed by atoms with E-state index in [4.69, 9.17) is 0 Å². The number of benzene rings is 2. The van der Waals surface area contributed by atoms with Gasteiger partial charge in [0.1, 0.15) is 0 Å². The van der Waals surface area contributed by atoms with Gasteiger partial charge in [0.15, 0.2) is 11.0 Å². The molecule has 1 N–H and O–H groups in total. The van der Waals surface area contributed by atoms with Crippen LogP contribution in [0.2, 0.25) is 0 Å². The first-order chi connectivity index (χ1) is 16.0. The molecule has 0 radical (unpaired) electrons. The molecule has 0 aliphatic carbocycles. The minimum Gasteiger partial charge on any atom is -0.355 e. The van der Waals surface area contributed by atoms with Crippen molar-refractivity contribution in [2.75, 3.05) is 12.3 Å². The number of amides is 1. The van der Waals surface area contributed by atoms with Crippen molar-refractivity contribution in [2.45, 2.75) is 32.3 Å². The summed E-state index contributed by atoms with van der Waals surface area (Å²) in [6.07, 6.45) is 4.29. The van der Waals surface area contributed by atoms with Crippen molar-refractivity contribution in [2.24, 2.45) is 0 Å². The summed E-state index contributed by atoms with van der Waals surface area (Å²) in [7, 11) is 0. The largest absolute Gasteiger partial charge is 0.355 e. The number of nitrogens with zero attached hydrogens (tertiary/aromatic N) is 4. The predicted molar refractivity (Wildman–Crippen MR) is 133 cm³/mol. The van der Waals surface area contributed by atoms with Crippen molar-refractivity contribution in [3.05, 3.63) is 89.2 Å². The molecule has 4 aromatic rings. The van der Waals surface area contributed by atoms with Gasteiger partial charge in [0.25, 0.3) is 0 Å². The van der Waals surface area contributed by atoms with Crippen LogP contribution in [-0.2, 0) is 11.2 Å². The summed E-state index contributed by atoms with van der Waals surface area (Å²) >= 11 is 1.39. The van der Waals surface area contributed by atoms with E-state index in [1.165, 1.54) is 34.0 Å². The van der Waals surface area contributed by atoms with E-state index in [-0.39, 0.29) is 11.7 Å². The van der Waals surface area contributed by atoms with Crippen LogP contribution in [-0.4, -0.2) is 38.0 Å².